The fraction of sp³-hybridized carbons (Fsp3) is 0.320. The molecular weight excluding hydrogens is 440 g/mol. The van der Waals surface area contributed by atoms with Gasteiger partial charge in [-0.15, -0.1) is 0 Å². The topological polar surface area (TPSA) is 86.8 Å². The minimum absolute atomic E-state index is 0.108. The Morgan fingerprint density at radius 3 is 2.76 bits per heavy atom. The lowest BCUT2D eigenvalue weighted by Crippen LogP contribution is -2.30. The molecule has 4 aromatic rings. The minimum Gasteiger partial charge on any atom is -0.361 e. The molecule has 7 nitrogen and oxygen atoms in total. The number of likely N-dealkylation sites (tertiary alicyclic amines) is 1. The molecule has 174 valence electrons. The van der Waals surface area contributed by atoms with Gasteiger partial charge < -0.3 is 9.88 Å². The zero-order valence-corrected chi connectivity index (χ0v) is 18.4. The molecule has 0 spiro atoms. The Bertz CT molecular complexity index is 1470. The number of halogens is 2. The van der Waals surface area contributed by atoms with E-state index in [1.165, 1.54) is 0 Å². The average molecular weight is 463 g/mol. The first-order valence-corrected chi connectivity index (χ1v) is 11.5. The van der Waals surface area contributed by atoms with E-state index in [4.69, 9.17) is 0 Å². The number of carbonyl (C=O) groups excluding carboxylic acids is 1. The molecule has 9 heteroatoms. The van der Waals surface area contributed by atoms with E-state index in [2.05, 4.69) is 15.2 Å². The molecule has 2 fully saturated rings. The quantitative estimate of drug-likeness (QED) is 0.472. The first-order valence-electron chi connectivity index (χ1n) is 11.5. The number of hydrogen-bond acceptors (Lipinski definition) is 3. The lowest BCUT2D eigenvalue weighted by atomic mass is 10.0. The molecular formula is C25H23F2N5O2. The van der Waals surface area contributed by atoms with Crippen molar-refractivity contribution in [3.8, 4) is 16.8 Å². The van der Waals surface area contributed by atoms with Gasteiger partial charge in [0.2, 0.25) is 5.91 Å². The van der Waals surface area contributed by atoms with Crippen LogP contribution in [0.15, 0.2) is 47.4 Å². The van der Waals surface area contributed by atoms with E-state index in [1.807, 2.05) is 17.0 Å². The summed E-state index contributed by atoms with van der Waals surface area (Å²) in [6.45, 7) is 1.27. The van der Waals surface area contributed by atoms with Gasteiger partial charge in [-0.1, -0.05) is 12.1 Å². The summed E-state index contributed by atoms with van der Waals surface area (Å²) in [7, 11) is 0. The first-order chi connectivity index (χ1) is 16.5. The van der Waals surface area contributed by atoms with Crippen LogP contribution < -0.4 is 5.69 Å². The van der Waals surface area contributed by atoms with Gasteiger partial charge in [0.25, 0.3) is 0 Å². The Balaban J connectivity index is 1.29. The molecule has 34 heavy (non-hydrogen) atoms. The zero-order valence-electron chi connectivity index (χ0n) is 18.4. The van der Waals surface area contributed by atoms with Gasteiger partial charge in [-0.3, -0.25) is 4.79 Å². The van der Waals surface area contributed by atoms with E-state index in [0.29, 0.717) is 30.9 Å². The summed E-state index contributed by atoms with van der Waals surface area (Å²) in [4.78, 5) is 29.8. The summed E-state index contributed by atoms with van der Waals surface area (Å²) in [5, 5.41) is 7.42. The molecule has 1 amide bonds. The van der Waals surface area contributed by atoms with Gasteiger partial charge in [0, 0.05) is 48.8 Å². The maximum atomic E-state index is 15.2. The third kappa shape index (κ3) is 3.61. The highest BCUT2D eigenvalue weighted by Gasteiger charge is 2.37. The van der Waals surface area contributed by atoms with E-state index in [-0.39, 0.29) is 29.0 Å². The van der Waals surface area contributed by atoms with Crippen LogP contribution in [0.25, 0.3) is 27.7 Å². The number of benzene rings is 2. The van der Waals surface area contributed by atoms with Crippen LogP contribution in [0.4, 0.5) is 8.78 Å². The van der Waals surface area contributed by atoms with Crippen molar-refractivity contribution in [1.82, 2.24) is 24.6 Å². The first kappa shape index (κ1) is 20.8. The molecule has 6 rings (SSSR count). The number of aromatic amines is 2. The number of nitrogens with zero attached hydrogens (tertiary/aromatic N) is 3. The Morgan fingerprint density at radius 1 is 1.09 bits per heavy atom. The van der Waals surface area contributed by atoms with Crippen molar-refractivity contribution in [2.75, 3.05) is 13.1 Å². The Kier molecular flexibility index (Phi) is 4.86. The van der Waals surface area contributed by atoms with Crippen molar-refractivity contribution in [3.63, 3.8) is 0 Å². The molecule has 2 aromatic heterocycles. The van der Waals surface area contributed by atoms with Crippen LogP contribution in [0.2, 0.25) is 0 Å². The molecule has 0 radical (unpaired) electrons. The predicted octanol–water partition coefficient (Wildman–Crippen LogP) is 3.79. The molecule has 1 saturated heterocycles. The largest absolute Gasteiger partial charge is 0.361 e. The van der Waals surface area contributed by atoms with Gasteiger partial charge in [0.05, 0.1) is 5.69 Å². The van der Waals surface area contributed by atoms with Crippen LogP contribution >= 0.6 is 0 Å². The number of rotatable bonds is 5. The lowest BCUT2D eigenvalue weighted by Gasteiger charge is -2.16. The lowest BCUT2D eigenvalue weighted by molar-refractivity contribution is -0.131. The van der Waals surface area contributed by atoms with Crippen molar-refractivity contribution in [3.05, 3.63) is 70.5 Å². The third-order valence-corrected chi connectivity index (χ3v) is 6.88. The van der Waals surface area contributed by atoms with Gasteiger partial charge in [0.1, 0.15) is 17.5 Å². The predicted molar refractivity (Wildman–Crippen MR) is 123 cm³/mol. The molecule has 3 heterocycles. The fourth-order valence-electron chi connectivity index (χ4n) is 4.91. The number of aromatic nitrogens is 4. The van der Waals surface area contributed by atoms with Crippen LogP contribution in [0.5, 0.6) is 0 Å². The Labute approximate surface area is 193 Å². The number of H-pyrrole nitrogens is 2. The van der Waals surface area contributed by atoms with Gasteiger partial charge in [-0.25, -0.2) is 23.2 Å². The fourth-order valence-corrected chi connectivity index (χ4v) is 4.91. The third-order valence-electron chi connectivity index (χ3n) is 6.88. The van der Waals surface area contributed by atoms with Gasteiger partial charge >= 0.3 is 5.69 Å². The minimum atomic E-state index is -0.718. The second kappa shape index (κ2) is 7.93. The maximum absolute atomic E-state index is 15.2. The smallest absolute Gasteiger partial charge is 0.348 e. The van der Waals surface area contributed by atoms with E-state index in [1.54, 1.807) is 18.3 Å². The van der Waals surface area contributed by atoms with Crippen molar-refractivity contribution >= 4 is 16.8 Å². The molecule has 2 aromatic carbocycles. The van der Waals surface area contributed by atoms with Crippen LogP contribution in [-0.4, -0.2) is 43.6 Å². The van der Waals surface area contributed by atoms with Crippen molar-refractivity contribution < 1.29 is 13.6 Å². The summed E-state index contributed by atoms with van der Waals surface area (Å²) in [5.41, 5.74) is 0.656. The van der Waals surface area contributed by atoms with Crippen molar-refractivity contribution in [2.45, 2.75) is 25.7 Å². The number of carbonyl (C=O) groups is 1. The molecule has 0 unspecified atom stereocenters. The highest BCUT2D eigenvalue weighted by atomic mass is 19.1. The average Bonchev–Trinajstić information content (AvgIpc) is 3.22. The summed E-state index contributed by atoms with van der Waals surface area (Å²) >= 11 is 0. The summed E-state index contributed by atoms with van der Waals surface area (Å²) in [6.07, 6.45) is 4.87. The second-order valence-electron chi connectivity index (χ2n) is 9.26. The van der Waals surface area contributed by atoms with E-state index >= 15 is 8.78 Å². The second-order valence-corrected chi connectivity index (χ2v) is 9.26. The van der Waals surface area contributed by atoms with Crippen molar-refractivity contribution in [2.24, 2.45) is 11.8 Å². The highest BCUT2D eigenvalue weighted by molar-refractivity contribution is 5.85. The van der Waals surface area contributed by atoms with Gasteiger partial charge in [-0.05, 0) is 54.3 Å². The number of amides is 1. The van der Waals surface area contributed by atoms with Crippen LogP contribution in [0, 0.1) is 23.5 Å². The summed E-state index contributed by atoms with van der Waals surface area (Å²) in [5.74, 6) is -0.558. The standard InChI is InChI=1S/C25H23F2N5O2/c26-19-12-22(20(27)11-18(19)17-4-1-15-5-7-28-21(15)10-17)32-23(29-30-25(32)34)9-14-6-8-31(13-14)24(33)16-2-3-16/h1,4-5,7,10-12,14,16,28H,2-3,6,8-9,13H2,(H,30,34)/t14-/m0/s1. The van der Waals surface area contributed by atoms with Crippen LogP contribution in [0.1, 0.15) is 25.1 Å². The SMILES string of the molecule is O=C(C1CC1)N1CC[C@@H](Cc2n[nH]c(=O)n2-c2cc(F)c(-c3ccc4cc[nH]c4c3)cc2F)C1. The normalized spacial score (nSPS) is 18.2. The number of fused-ring (bicyclic) bond motifs is 1. The zero-order chi connectivity index (χ0) is 23.4. The Morgan fingerprint density at radius 2 is 1.94 bits per heavy atom. The van der Waals surface area contributed by atoms with E-state index in [0.717, 1.165) is 46.9 Å². The van der Waals surface area contributed by atoms with Gasteiger partial charge in [-0.2, -0.15) is 5.10 Å². The molecule has 2 aliphatic rings. The van der Waals surface area contributed by atoms with Crippen molar-refractivity contribution in [1.29, 1.82) is 0 Å². The van der Waals surface area contributed by atoms with Gasteiger partial charge in [0.15, 0.2) is 0 Å². The molecule has 0 bridgehead atoms. The Hall–Kier alpha value is -3.75. The van der Waals surface area contributed by atoms with E-state index in [9.17, 15) is 9.59 Å². The van der Waals surface area contributed by atoms with Crippen LogP contribution in [-0.2, 0) is 11.2 Å². The monoisotopic (exact) mass is 463 g/mol. The molecule has 1 atom stereocenters. The number of hydrogen-bond donors (Lipinski definition) is 2. The maximum Gasteiger partial charge on any atom is 0.348 e. The molecule has 1 saturated carbocycles. The highest BCUT2D eigenvalue weighted by Crippen LogP contribution is 2.34. The molecule has 1 aliphatic heterocycles. The summed E-state index contributed by atoms with van der Waals surface area (Å²) in [6, 6.07) is 9.39. The summed E-state index contributed by atoms with van der Waals surface area (Å²) < 4.78 is 31.5. The molecule has 1 aliphatic carbocycles. The molecule has 2 N–H and O–H groups in total. The number of nitrogens with one attached hydrogen (secondary N) is 2. The van der Waals surface area contributed by atoms with Crippen LogP contribution in [0.3, 0.4) is 0 Å². The van der Waals surface area contributed by atoms with E-state index < -0.39 is 17.3 Å².